The Bertz CT molecular complexity index is 844. The number of aryl methyl sites for hydroxylation is 5. The first-order valence-corrected chi connectivity index (χ1v) is 8.41. The van der Waals surface area contributed by atoms with Gasteiger partial charge in [-0.25, -0.2) is 9.97 Å². The van der Waals surface area contributed by atoms with Crippen molar-refractivity contribution in [3.8, 4) is 0 Å². The van der Waals surface area contributed by atoms with Crippen LogP contribution in [0.1, 0.15) is 27.8 Å². The van der Waals surface area contributed by atoms with E-state index in [4.69, 9.17) is 9.97 Å². The van der Waals surface area contributed by atoms with Gasteiger partial charge in [-0.2, -0.15) is 0 Å². The van der Waals surface area contributed by atoms with E-state index in [-0.39, 0.29) is 0 Å². The number of benzene rings is 1. The summed E-state index contributed by atoms with van der Waals surface area (Å²) in [6.45, 7) is 6.49. The summed E-state index contributed by atoms with van der Waals surface area (Å²) in [6, 6.07) is 12.9. The lowest BCUT2D eigenvalue weighted by Gasteiger charge is -2.28. The molecule has 0 saturated heterocycles. The number of fused-ring (bicyclic) bond motifs is 2. The van der Waals surface area contributed by atoms with Crippen molar-refractivity contribution in [2.24, 2.45) is 0 Å². The third-order valence-electron chi connectivity index (χ3n) is 4.68. The summed E-state index contributed by atoms with van der Waals surface area (Å²) in [4.78, 5) is 11.7. The zero-order valence-corrected chi connectivity index (χ0v) is 14.4. The average Bonchev–Trinajstić information content (AvgIpc) is 2.72. The van der Waals surface area contributed by atoms with E-state index in [1.807, 2.05) is 24.5 Å². The van der Waals surface area contributed by atoms with E-state index in [0.29, 0.717) is 0 Å². The van der Waals surface area contributed by atoms with E-state index in [1.54, 1.807) is 0 Å². The van der Waals surface area contributed by atoms with Crippen LogP contribution in [0.5, 0.6) is 0 Å². The molecule has 0 saturated carbocycles. The number of rotatable bonds is 1. The maximum atomic E-state index is 4.73. The number of nitrogens with zero attached hydrogens (tertiary/aromatic N) is 3. The van der Waals surface area contributed by atoms with Gasteiger partial charge in [0.15, 0.2) is 0 Å². The van der Waals surface area contributed by atoms with Crippen LogP contribution in [0, 0.1) is 20.8 Å². The zero-order valence-electron chi connectivity index (χ0n) is 14.4. The molecule has 0 aliphatic carbocycles. The molecule has 3 heteroatoms. The SMILES string of the molecule is Cc1cc(C)c(N2c3ncccc3CCc3cccnc32)c(C)c1. The van der Waals surface area contributed by atoms with Crippen LogP contribution in [-0.4, -0.2) is 9.97 Å². The molecule has 4 rings (SSSR count). The van der Waals surface area contributed by atoms with E-state index in [1.165, 1.54) is 33.5 Å². The molecule has 1 aromatic carbocycles. The maximum Gasteiger partial charge on any atom is 0.141 e. The van der Waals surface area contributed by atoms with Crippen LogP contribution in [0.4, 0.5) is 17.3 Å². The number of hydrogen-bond acceptors (Lipinski definition) is 3. The monoisotopic (exact) mass is 315 g/mol. The van der Waals surface area contributed by atoms with Gasteiger partial charge >= 0.3 is 0 Å². The molecule has 3 nitrogen and oxygen atoms in total. The van der Waals surface area contributed by atoms with E-state index in [2.05, 4.69) is 49.9 Å². The topological polar surface area (TPSA) is 29.0 Å². The Balaban J connectivity index is 2.04. The minimum Gasteiger partial charge on any atom is -0.278 e. The predicted molar refractivity (Wildman–Crippen MR) is 98.3 cm³/mol. The molecule has 0 spiro atoms. The Hall–Kier alpha value is -2.68. The van der Waals surface area contributed by atoms with Crippen molar-refractivity contribution in [3.05, 3.63) is 76.6 Å². The van der Waals surface area contributed by atoms with E-state index in [9.17, 15) is 0 Å². The van der Waals surface area contributed by atoms with Gasteiger partial charge in [-0.3, -0.25) is 4.90 Å². The van der Waals surface area contributed by atoms with Crippen LogP contribution in [0.25, 0.3) is 0 Å². The fraction of sp³-hybridized carbons (Fsp3) is 0.238. The molecule has 3 aromatic rings. The van der Waals surface area contributed by atoms with Crippen molar-refractivity contribution in [1.29, 1.82) is 0 Å². The molecular formula is C21H21N3. The number of aromatic nitrogens is 2. The van der Waals surface area contributed by atoms with Crippen LogP contribution in [0.2, 0.25) is 0 Å². The number of anilines is 3. The summed E-state index contributed by atoms with van der Waals surface area (Å²) in [5.74, 6) is 2.01. The molecule has 2 aromatic heterocycles. The maximum absolute atomic E-state index is 4.73. The molecule has 0 unspecified atom stereocenters. The predicted octanol–water partition coefficient (Wildman–Crippen LogP) is 4.97. The molecule has 1 aliphatic rings. The largest absolute Gasteiger partial charge is 0.278 e. The molecule has 0 fully saturated rings. The Morgan fingerprint density at radius 2 is 1.29 bits per heavy atom. The Labute approximate surface area is 143 Å². The van der Waals surface area contributed by atoms with E-state index in [0.717, 1.165) is 24.5 Å². The van der Waals surface area contributed by atoms with Crippen molar-refractivity contribution in [3.63, 3.8) is 0 Å². The lowest BCUT2D eigenvalue weighted by atomic mass is 10.0. The first-order chi connectivity index (χ1) is 11.6. The Morgan fingerprint density at radius 1 is 0.792 bits per heavy atom. The van der Waals surface area contributed by atoms with Crippen molar-refractivity contribution in [1.82, 2.24) is 9.97 Å². The first-order valence-electron chi connectivity index (χ1n) is 8.41. The van der Waals surface area contributed by atoms with Crippen molar-refractivity contribution in [2.45, 2.75) is 33.6 Å². The highest BCUT2D eigenvalue weighted by atomic mass is 15.2. The molecule has 0 bridgehead atoms. The van der Waals surface area contributed by atoms with Gasteiger partial charge in [0.2, 0.25) is 0 Å². The van der Waals surface area contributed by atoms with Crippen molar-refractivity contribution >= 4 is 17.3 Å². The standard InChI is InChI=1S/C21H21N3/c1-14-12-15(2)19(16(3)13-14)24-20-17(6-4-10-22-20)8-9-18-7-5-11-23-21(18)24/h4-7,10-13H,8-9H2,1-3H3. The lowest BCUT2D eigenvalue weighted by Crippen LogP contribution is -2.17. The highest BCUT2D eigenvalue weighted by molar-refractivity contribution is 5.80. The normalized spacial score (nSPS) is 13.2. The third-order valence-corrected chi connectivity index (χ3v) is 4.68. The van der Waals surface area contributed by atoms with Gasteiger partial charge in [-0.1, -0.05) is 29.8 Å². The molecule has 0 radical (unpaired) electrons. The van der Waals surface area contributed by atoms with Gasteiger partial charge in [0, 0.05) is 12.4 Å². The summed E-state index contributed by atoms with van der Waals surface area (Å²) in [5, 5.41) is 0. The van der Waals surface area contributed by atoms with Crippen LogP contribution < -0.4 is 4.90 Å². The summed E-state index contributed by atoms with van der Waals surface area (Å²) >= 11 is 0. The molecule has 0 atom stereocenters. The van der Waals surface area contributed by atoms with Gasteiger partial charge in [-0.15, -0.1) is 0 Å². The van der Waals surface area contributed by atoms with Crippen LogP contribution in [-0.2, 0) is 12.8 Å². The second-order valence-corrected chi connectivity index (χ2v) is 6.55. The molecule has 24 heavy (non-hydrogen) atoms. The summed E-state index contributed by atoms with van der Waals surface area (Å²) in [5.41, 5.74) is 7.53. The summed E-state index contributed by atoms with van der Waals surface area (Å²) in [6.07, 6.45) is 5.72. The number of pyridine rings is 2. The second-order valence-electron chi connectivity index (χ2n) is 6.55. The van der Waals surface area contributed by atoms with E-state index >= 15 is 0 Å². The van der Waals surface area contributed by atoms with E-state index < -0.39 is 0 Å². The zero-order chi connectivity index (χ0) is 16.7. The third kappa shape index (κ3) is 2.37. The van der Waals surface area contributed by atoms with Gasteiger partial charge in [0.1, 0.15) is 11.6 Å². The Kier molecular flexibility index (Phi) is 3.57. The smallest absolute Gasteiger partial charge is 0.141 e. The van der Waals surface area contributed by atoms with Crippen molar-refractivity contribution < 1.29 is 0 Å². The highest BCUT2D eigenvalue weighted by Crippen LogP contribution is 2.42. The average molecular weight is 315 g/mol. The summed E-state index contributed by atoms with van der Waals surface area (Å²) < 4.78 is 0. The van der Waals surface area contributed by atoms with Crippen molar-refractivity contribution in [2.75, 3.05) is 4.90 Å². The first kappa shape index (κ1) is 14.9. The highest BCUT2D eigenvalue weighted by Gasteiger charge is 2.26. The van der Waals surface area contributed by atoms with Crippen LogP contribution >= 0.6 is 0 Å². The second kappa shape index (κ2) is 5.75. The van der Waals surface area contributed by atoms with Gasteiger partial charge in [0.25, 0.3) is 0 Å². The number of hydrogen-bond donors (Lipinski definition) is 0. The van der Waals surface area contributed by atoms with Gasteiger partial charge < -0.3 is 0 Å². The molecule has 0 N–H and O–H groups in total. The molecule has 120 valence electrons. The molecular weight excluding hydrogens is 294 g/mol. The minimum atomic E-state index is 0.988. The van der Waals surface area contributed by atoms with Gasteiger partial charge in [-0.05, 0) is 68.0 Å². The molecule has 1 aliphatic heterocycles. The summed E-state index contributed by atoms with van der Waals surface area (Å²) in [7, 11) is 0. The quantitative estimate of drug-likeness (QED) is 0.635. The van der Waals surface area contributed by atoms with Gasteiger partial charge in [0.05, 0.1) is 5.69 Å². The lowest BCUT2D eigenvalue weighted by molar-refractivity contribution is 0.966. The van der Waals surface area contributed by atoms with Crippen LogP contribution in [0.15, 0.2) is 48.8 Å². The minimum absolute atomic E-state index is 0.988. The Morgan fingerprint density at radius 3 is 1.79 bits per heavy atom. The fourth-order valence-corrected chi connectivity index (χ4v) is 3.76. The molecule has 0 amide bonds. The van der Waals surface area contributed by atoms with Crippen LogP contribution in [0.3, 0.4) is 0 Å². The fourth-order valence-electron chi connectivity index (χ4n) is 3.76. The molecule has 3 heterocycles.